The molecule has 0 aliphatic carbocycles. The number of carbonyl (C=O) groups excluding carboxylic acids is 1. The van der Waals surface area contributed by atoms with Crippen LogP contribution in [0.2, 0.25) is 5.02 Å². The molecule has 1 aromatic carbocycles. The van der Waals surface area contributed by atoms with E-state index in [2.05, 4.69) is 5.10 Å². The Balaban J connectivity index is 1.94. The van der Waals surface area contributed by atoms with Gasteiger partial charge in [-0.3, -0.25) is 4.79 Å². The van der Waals surface area contributed by atoms with Crippen LogP contribution in [0.5, 0.6) is 0 Å². The highest BCUT2D eigenvalue weighted by molar-refractivity contribution is 6.35. The van der Waals surface area contributed by atoms with Gasteiger partial charge in [0, 0.05) is 26.4 Å². The molecule has 2 aromatic rings. The van der Waals surface area contributed by atoms with E-state index in [1.54, 1.807) is 29.0 Å². The van der Waals surface area contributed by atoms with E-state index in [0.717, 1.165) is 5.69 Å². The molecule has 7 heteroatoms. The molecule has 1 aliphatic heterocycles. The van der Waals surface area contributed by atoms with Crippen LogP contribution in [0.1, 0.15) is 16.1 Å². The number of benzene rings is 1. The summed E-state index contributed by atoms with van der Waals surface area (Å²) >= 11 is 6.51. The zero-order valence-electron chi connectivity index (χ0n) is 12.9. The number of hydrogen-bond acceptors (Lipinski definition) is 4. The van der Waals surface area contributed by atoms with Crippen molar-refractivity contribution in [2.24, 2.45) is 0 Å². The summed E-state index contributed by atoms with van der Waals surface area (Å²) in [5.74, 6) is -0.0828. The molecule has 3 rings (SSSR count). The van der Waals surface area contributed by atoms with Crippen LogP contribution in [-0.4, -0.2) is 54.0 Å². The first-order chi connectivity index (χ1) is 11.2. The highest BCUT2D eigenvalue weighted by atomic mass is 35.5. The predicted octanol–water partition coefficient (Wildman–Crippen LogP) is 2.14. The number of hydrogen-bond donors (Lipinski definition) is 0. The minimum Gasteiger partial charge on any atom is -0.378 e. The summed E-state index contributed by atoms with van der Waals surface area (Å²) in [7, 11) is 1.62. The van der Waals surface area contributed by atoms with Crippen LogP contribution < -0.4 is 0 Å². The van der Waals surface area contributed by atoms with Crippen molar-refractivity contribution in [3.8, 4) is 5.69 Å². The maximum Gasteiger partial charge on any atom is 0.255 e. The summed E-state index contributed by atoms with van der Waals surface area (Å²) in [5.41, 5.74) is 2.01. The lowest BCUT2D eigenvalue weighted by atomic mass is 10.1. The molecule has 0 bridgehead atoms. The van der Waals surface area contributed by atoms with Gasteiger partial charge in [-0.25, -0.2) is 4.68 Å². The fraction of sp³-hybridized carbons (Fsp3) is 0.375. The number of morpholine rings is 1. The molecule has 0 N–H and O–H groups in total. The topological polar surface area (TPSA) is 56.6 Å². The molecule has 1 amide bonds. The molecule has 2 heterocycles. The van der Waals surface area contributed by atoms with Crippen LogP contribution in [0.3, 0.4) is 0 Å². The third-order valence-electron chi connectivity index (χ3n) is 3.75. The van der Waals surface area contributed by atoms with Crippen molar-refractivity contribution < 1.29 is 14.3 Å². The summed E-state index contributed by atoms with van der Waals surface area (Å²) in [5, 5.41) is 4.68. The van der Waals surface area contributed by atoms with Crippen LogP contribution in [0.4, 0.5) is 0 Å². The lowest BCUT2D eigenvalue weighted by Crippen LogP contribution is -2.40. The zero-order chi connectivity index (χ0) is 16.2. The molecule has 1 fully saturated rings. The number of carbonyl (C=O) groups is 1. The molecule has 0 saturated carbocycles. The van der Waals surface area contributed by atoms with Crippen molar-refractivity contribution in [2.45, 2.75) is 6.61 Å². The first-order valence-electron chi connectivity index (χ1n) is 7.40. The highest BCUT2D eigenvalue weighted by Gasteiger charge is 2.22. The van der Waals surface area contributed by atoms with E-state index in [-0.39, 0.29) is 5.91 Å². The molecule has 1 saturated heterocycles. The second-order valence-electron chi connectivity index (χ2n) is 5.21. The van der Waals surface area contributed by atoms with Gasteiger partial charge < -0.3 is 14.4 Å². The minimum absolute atomic E-state index is 0.0828. The Morgan fingerprint density at radius 1 is 1.35 bits per heavy atom. The van der Waals surface area contributed by atoms with Gasteiger partial charge in [-0.1, -0.05) is 17.7 Å². The van der Waals surface area contributed by atoms with E-state index in [0.29, 0.717) is 49.2 Å². The number of rotatable bonds is 4. The van der Waals surface area contributed by atoms with Gasteiger partial charge in [0.25, 0.3) is 5.91 Å². The van der Waals surface area contributed by atoms with E-state index in [4.69, 9.17) is 21.1 Å². The smallest absolute Gasteiger partial charge is 0.255 e. The Hall–Kier alpha value is -1.89. The SMILES string of the molecule is COCc1ccnn1-c1cccc(C(=O)N2CCOCC2)c1Cl. The van der Waals surface area contributed by atoms with Gasteiger partial charge >= 0.3 is 0 Å². The average molecular weight is 336 g/mol. The first-order valence-corrected chi connectivity index (χ1v) is 7.78. The number of nitrogens with zero attached hydrogens (tertiary/aromatic N) is 3. The van der Waals surface area contributed by atoms with Crippen molar-refractivity contribution in [1.29, 1.82) is 0 Å². The van der Waals surface area contributed by atoms with Gasteiger partial charge in [-0.15, -0.1) is 0 Å². The third-order valence-corrected chi connectivity index (χ3v) is 4.15. The van der Waals surface area contributed by atoms with Gasteiger partial charge in [0.15, 0.2) is 0 Å². The summed E-state index contributed by atoms with van der Waals surface area (Å²) in [6, 6.07) is 7.25. The molecular formula is C16H18ClN3O3. The molecule has 1 aromatic heterocycles. The van der Waals surface area contributed by atoms with Crippen LogP contribution in [0, 0.1) is 0 Å². The molecule has 0 unspecified atom stereocenters. The van der Waals surface area contributed by atoms with Crippen molar-refractivity contribution in [1.82, 2.24) is 14.7 Å². The minimum atomic E-state index is -0.0828. The number of aromatic nitrogens is 2. The van der Waals surface area contributed by atoms with E-state index in [1.807, 2.05) is 18.2 Å². The Bertz CT molecular complexity index is 696. The van der Waals surface area contributed by atoms with E-state index in [1.165, 1.54) is 0 Å². The quantitative estimate of drug-likeness (QED) is 0.859. The predicted molar refractivity (Wildman–Crippen MR) is 86.0 cm³/mol. The van der Waals surface area contributed by atoms with Gasteiger partial charge in [0.1, 0.15) is 0 Å². The number of amides is 1. The molecular weight excluding hydrogens is 318 g/mol. The number of methoxy groups -OCH3 is 1. The van der Waals surface area contributed by atoms with Crippen LogP contribution in [0.25, 0.3) is 5.69 Å². The van der Waals surface area contributed by atoms with Crippen molar-refractivity contribution in [3.63, 3.8) is 0 Å². The second-order valence-corrected chi connectivity index (χ2v) is 5.59. The molecule has 6 nitrogen and oxygen atoms in total. The first kappa shape index (κ1) is 16.0. The molecule has 0 spiro atoms. The molecule has 122 valence electrons. The van der Waals surface area contributed by atoms with Crippen molar-refractivity contribution >= 4 is 17.5 Å². The Kier molecular flexibility index (Phi) is 4.95. The zero-order valence-corrected chi connectivity index (χ0v) is 13.6. The van der Waals surface area contributed by atoms with Gasteiger partial charge in [0.05, 0.1) is 41.8 Å². The lowest BCUT2D eigenvalue weighted by Gasteiger charge is -2.27. The molecule has 0 radical (unpaired) electrons. The van der Waals surface area contributed by atoms with E-state index < -0.39 is 0 Å². The summed E-state index contributed by atoms with van der Waals surface area (Å²) in [6.45, 7) is 2.69. The Morgan fingerprint density at radius 3 is 2.87 bits per heavy atom. The van der Waals surface area contributed by atoms with Crippen molar-refractivity contribution in [2.75, 3.05) is 33.4 Å². The van der Waals surface area contributed by atoms with E-state index in [9.17, 15) is 4.79 Å². The maximum absolute atomic E-state index is 12.7. The lowest BCUT2D eigenvalue weighted by molar-refractivity contribution is 0.0303. The summed E-state index contributed by atoms with van der Waals surface area (Å²) in [6.07, 6.45) is 1.68. The third kappa shape index (κ3) is 3.24. The fourth-order valence-electron chi connectivity index (χ4n) is 2.59. The molecule has 0 atom stereocenters. The largest absolute Gasteiger partial charge is 0.378 e. The molecule has 23 heavy (non-hydrogen) atoms. The standard InChI is InChI=1S/C16H18ClN3O3/c1-22-11-12-5-6-18-20(12)14-4-2-3-13(15(14)17)16(21)19-7-9-23-10-8-19/h2-6H,7-11H2,1H3. The number of halogens is 1. The second kappa shape index (κ2) is 7.12. The number of ether oxygens (including phenoxy) is 2. The van der Waals surface area contributed by atoms with Crippen LogP contribution in [-0.2, 0) is 16.1 Å². The van der Waals surface area contributed by atoms with Gasteiger partial charge in [-0.05, 0) is 18.2 Å². The monoisotopic (exact) mass is 335 g/mol. The fourth-order valence-corrected chi connectivity index (χ4v) is 2.88. The van der Waals surface area contributed by atoms with Crippen LogP contribution >= 0.6 is 11.6 Å². The Morgan fingerprint density at radius 2 is 2.13 bits per heavy atom. The summed E-state index contributed by atoms with van der Waals surface area (Å²) < 4.78 is 12.2. The molecule has 1 aliphatic rings. The summed E-state index contributed by atoms with van der Waals surface area (Å²) in [4.78, 5) is 14.4. The Labute approximate surface area is 139 Å². The van der Waals surface area contributed by atoms with Crippen molar-refractivity contribution in [3.05, 3.63) is 46.7 Å². The highest BCUT2D eigenvalue weighted by Crippen LogP contribution is 2.27. The van der Waals surface area contributed by atoms with E-state index >= 15 is 0 Å². The van der Waals surface area contributed by atoms with Gasteiger partial charge in [0.2, 0.25) is 0 Å². The van der Waals surface area contributed by atoms with Crippen LogP contribution in [0.15, 0.2) is 30.5 Å². The normalized spacial score (nSPS) is 15.0. The average Bonchev–Trinajstić information content (AvgIpc) is 3.04. The maximum atomic E-state index is 12.7. The van der Waals surface area contributed by atoms with Gasteiger partial charge in [-0.2, -0.15) is 5.10 Å².